The molecule has 2 aromatic rings. The first-order chi connectivity index (χ1) is 8.95. The summed E-state index contributed by atoms with van der Waals surface area (Å²) in [5.41, 5.74) is -0.406. The van der Waals surface area contributed by atoms with Gasteiger partial charge in [-0.3, -0.25) is 0 Å². The summed E-state index contributed by atoms with van der Waals surface area (Å²) in [5.74, 6) is -3.24. The van der Waals surface area contributed by atoms with Crippen molar-refractivity contribution >= 4 is 17.6 Å². The zero-order chi connectivity index (χ0) is 14.0. The largest absolute Gasteiger partial charge is 0.476 e. The van der Waals surface area contributed by atoms with Crippen LogP contribution in [-0.4, -0.2) is 16.1 Å². The molecule has 7 heteroatoms. The van der Waals surface area contributed by atoms with Gasteiger partial charge in [0.2, 0.25) is 5.88 Å². The molecular weight excluding hydrogens is 280 g/mol. The topological polar surface area (TPSA) is 59.4 Å². The molecule has 19 heavy (non-hydrogen) atoms. The van der Waals surface area contributed by atoms with Gasteiger partial charge < -0.3 is 9.84 Å². The molecule has 1 aromatic carbocycles. The number of carbonyl (C=O) groups is 1. The van der Waals surface area contributed by atoms with Gasteiger partial charge in [0.25, 0.3) is 0 Å². The minimum atomic E-state index is -1.33. The lowest BCUT2D eigenvalue weighted by Gasteiger charge is -2.06. The van der Waals surface area contributed by atoms with E-state index in [1.54, 1.807) is 0 Å². The van der Waals surface area contributed by atoms with Crippen LogP contribution in [0.1, 0.15) is 10.5 Å². The molecule has 1 N–H and O–H groups in total. The number of benzene rings is 1. The van der Waals surface area contributed by atoms with Crippen LogP contribution in [-0.2, 0) is 0 Å². The van der Waals surface area contributed by atoms with Crippen LogP contribution in [0.15, 0.2) is 30.3 Å². The maximum atomic E-state index is 12.9. The minimum absolute atomic E-state index is 0.0646. The molecule has 0 spiro atoms. The summed E-state index contributed by atoms with van der Waals surface area (Å²) in [6, 6.07) is 5.13. The standard InChI is InChI=1S/C12H6ClF2NO3/c13-9-1-2-10(16-11(9)12(17)18)19-8-4-6(14)3-7(15)5-8/h1-5H,(H,17,18). The van der Waals surface area contributed by atoms with Crippen molar-refractivity contribution < 1.29 is 23.4 Å². The lowest BCUT2D eigenvalue weighted by atomic mass is 10.3. The molecule has 1 aromatic heterocycles. The molecule has 0 fully saturated rings. The SMILES string of the molecule is O=C(O)c1nc(Oc2cc(F)cc(F)c2)ccc1Cl. The summed E-state index contributed by atoms with van der Waals surface area (Å²) in [6.45, 7) is 0. The molecule has 0 radical (unpaired) electrons. The van der Waals surface area contributed by atoms with Crippen molar-refractivity contribution in [3.05, 3.63) is 52.7 Å². The van der Waals surface area contributed by atoms with E-state index in [1.165, 1.54) is 12.1 Å². The molecule has 4 nitrogen and oxygen atoms in total. The number of halogens is 3. The number of carboxylic acids is 1. The Balaban J connectivity index is 2.33. The zero-order valence-electron chi connectivity index (χ0n) is 9.23. The lowest BCUT2D eigenvalue weighted by molar-refractivity contribution is 0.0690. The van der Waals surface area contributed by atoms with Gasteiger partial charge in [-0.1, -0.05) is 11.6 Å². The third-order valence-corrected chi connectivity index (χ3v) is 2.39. The highest BCUT2D eigenvalue weighted by molar-refractivity contribution is 6.33. The Morgan fingerprint density at radius 2 is 1.84 bits per heavy atom. The van der Waals surface area contributed by atoms with Crippen molar-refractivity contribution in [2.75, 3.05) is 0 Å². The first-order valence-electron chi connectivity index (χ1n) is 4.99. The molecule has 0 aliphatic rings. The summed E-state index contributed by atoms with van der Waals surface area (Å²) < 4.78 is 31.0. The van der Waals surface area contributed by atoms with Crippen LogP contribution in [0.3, 0.4) is 0 Å². The Morgan fingerprint density at radius 3 is 2.42 bits per heavy atom. The summed E-state index contributed by atoms with van der Waals surface area (Å²) in [6.07, 6.45) is 0. The van der Waals surface area contributed by atoms with Crippen molar-refractivity contribution in [3.63, 3.8) is 0 Å². The predicted octanol–water partition coefficient (Wildman–Crippen LogP) is 3.50. The predicted molar refractivity (Wildman–Crippen MR) is 62.6 cm³/mol. The first kappa shape index (κ1) is 13.2. The smallest absolute Gasteiger partial charge is 0.356 e. The third-order valence-electron chi connectivity index (χ3n) is 2.08. The van der Waals surface area contributed by atoms with Crippen LogP contribution in [0, 0.1) is 11.6 Å². The van der Waals surface area contributed by atoms with E-state index in [1.807, 2.05) is 0 Å². The maximum Gasteiger partial charge on any atom is 0.356 e. The average Bonchev–Trinajstić information content (AvgIpc) is 2.30. The molecule has 0 atom stereocenters. The van der Waals surface area contributed by atoms with Gasteiger partial charge in [-0.2, -0.15) is 0 Å². The van der Waals surface area contributed by atoms with E-state index < -0.39 is 23.3 Å². The zero-order valence-corrected chi connectivity index (χ0v) is 9.99. The highest BCUT2D eigenvalue weighted by Crippen LogP contribution is 2.24. The summed E-state index contributed by atoms with van der Waals surface area (Å²) in [7, 11) is 0. The first-order valence-corrected chi connectivity index (χ1v) is 5.37. The highest BCUT2D eigenvalue weighted by Gasteiger charge is 2.13. The molecule has 0 aliphatic heterocycles. The number of nitrogens with zero attached hydrogens (tertiary/aromatic N) is 1. The number of aromatic nitrogens is 1. The fourth-order valence-corrected chi connectivity index (χ4v) is 1.53. The van der Waals surface area contributed by atoms with E-state index in [4.69, 9.17) is 21.4 Å². The van der Waals surface area contributed by atoms with E-state index >= 15 is 0 Å². The van der Waals surface area contributed by atoms with Gasteiger partial charge in [0.05, 0.1) is 5.02 Å². The molecule has 1 heterocycles. The molecular formula is C12H6ClF2NO3. The second-order valence-corrected chi connectivity index (χ2v) is 3.90. The van der Waals surface area contributed by atoms with Crippen LogP contribution in [0.25, 0.3) is 0 Å². The molecule has 0 unspecified atom stereocenters. The van der Waals surface area contributed by atoms with Crippen LogP contribution in [0.4, 0.5) is 8.78 Å². The Hall–Kier alpha value is -2.21. The van der Waals surface area contributed by atoms with Crippen LogP contribution >= 0.6 is 11.6 Å². The van der Waals surface area contributed by atoms with Crippen LogP contribution < -0.4 is 4.74 Å². The van der Waals surface area contributed by atoms with E-state index in [2.05, 4.69) is 4.98 Å². The summed E-state index contributed by atoms with van der Waals surface area (Å²) in [5, 5.41) is 8.76. The second-order valence-electron chi connectivity index (χ2n) is 3.49. The van der Waals surface area contributed by atoms with Gasteiger partial charge in [-0.25, -0.2) is 18.6 Å². The van der Waals surface area contributed by atoms with Gasteiger partial charge in [0.1, 0.15) is 17.4 Å². The molecule has 0 saturated carbocycles. The Morgan fingerprint density at radius 1 is 1.21 bits per heavy atom. The Kier molecular flexibility index (Phi) is 3.62. The van der Waals surface area contributed by atoms with Crippen molar-refractivity contribution in [2.24, 2.45) is 0 Å². The van der Waals surface area contributed by atoms with E-state index in [9.17, 15) is 13.6 Å². The van der Waals surface area contributed by atoms with Crippen molar-refractivity contribution in [1.29, 1.82) is 0 Å². The maximum absolute atomic E-state index is 12.9. The van der Waals surface area contributed by atoms with E-state index in [0.717, 1.165) is 12.1 Å². The average molecular weight is 286 g/mol. The fourth-order valence-electron chi connectivity index (χ4n) is 1.34. The Labute approximate surface area is 111 Å². The lowest BCUT2D eigenvalue weighted by Crippen LogP contribution is -2.02. The number of rotatable bonds is 3. The molecule has 0 saturated heterocycles. The number of hydrogen-bond donors (Lipinski definition) is 1. The number of aromatic carboxylic acids is 1. The Bertz CT molecular complexity index is 629. The number of carboxylic acid groups (broad SMARTS) is 1. The normalized spacial score (nSPS) is 10.3. The molecule has 98 valence electrons. The van der Waals surface area contributed by atoms with Gasteiger partial charge in [0, 0.05) is 24.3 Å². The van der Waals surface area contributed by atoms with Crippen molar-refractivity contribution in [2.45, 2.75) is 0 Å². The van der Waals surface area contributed by atoms with Crippen LogP contribution in [0.2, 0.25) is 5.02 Å². The summed E-state index contributed by atoms with van der Waals surface area (Å²) in [4.78, 5) is 14.4. The number of ether oxygens (including phenoxy) is 1. The summed E-state index contributed by atoms with van der Waals surface area (Å²) >= 11 is 5.63. The number of pyridine rings is 1. The minimum Gasteiger partial charge on any atom is -0.476 e. The van der Waals surface area contributed by atoms with E-state index in [-0.39, 0.29) is 16.7 Å². The van der Waals surface area contributed by atoms with Gasteiger partial charge in [-0.05, 0) is 6.07 Å². The molecule has 0 amide bonds. The molecule has 0 aliphatic carbocycles. The van der Waals surface area contributed by atoms with Crippen molar-refractivity contribution in [3.8, 4) is 11.6 Å². The fraction of sp³-hybridized carbons (Fsp3) is 0. The highest BCUT2D eigenvalue weighted by atomic mass is 35.5. The number of hydrogen-bond acceptors (Lipinski definition) is 3. The van der Waals surface area contributed by atoms with Gasteiger partial charge >= 0.3 is 5.97 Å². The van der Waals surface area contributed by atoms with Gasteiger partial charge in [-0.15, -0.1) is 0 Å². The third kappa shape index (κ3) is 3.17. The molecule has 0 bridgehead atoms. The monoisotopic (exact) mass is 285 g/mol. The van der Waals surface area contributed by atoms with E-state index in [0.29, 0.717) is 6.07 Å². The van der Waals surface area contributed by atoms with Crippen LogP contribution in [0.5, 0.6) is 11.6 Å². The quantitative estimate of drug-likeness (QED) is 0.937. The molecule has 2 rings (SSSR count). The van der Waals surface area contributed by atoms with Crippen molar-refractivity contribution in [1.82, 2.24) is 4.98 Å². The van der Waals surface area contributed by atoms with Gasteiger partial charge in [0.15, 0.2) is 5.69 Å². The second kappa shape index (κ2) is 5.19.